The molecule has 0 aliphatic carbocycles. The fraction of sp³-hybridized carbons (Fsp3) is 0. The molecule has 0 unspecified atom stereocenters. The van der Waals surface area contributed by atoms with Crippen LogP contribution in [0.2, 0.25) is 0 Å². The van der Waals surface area contributed by atoms with Gasteiger partial charge in [0, 0.05) is 6.08 Å². The van der Waals surface area contributed by atoms with Crippen LogP contribution in [0.15, 0.2) is 58.9 Å². The molecular weight excluding hydrogens is 184 g/mol. The van der Waals surface area contributed by atoms with Crippen molar-refractivity contribution in [3.63, 3.8) is 0 Å². The molecule has 68 valence electrons. The lowest BCUT2D eigenvalue weighted by molar-refractivity contribution is -0.113. The maximum Gasteiger partial charge on any atom is 0.289 e. The second-order valence-electron chi connectivity index (χ2n) is 2.02. The first kappa shape index (κ1) is 11.6. The number of carbonyl (C=O) groups excluding carboxylic acids is 1. The molecular formula is C9H10N2OS. The maximum absolute atomic E-state index is 9.90. The lowest BCUT2D eigenvalue weighted by atomic mass is 10.4. The zero-order valence-electron chi connectivity index (χ0n) is 6.92. The van der Waals surface area contributed by atoms with E-state index in [1.807, 2.05) is 36.4 Å². The molecule has 4 heteroatoms. The first-order chi connectivity index (χ1) is 5.89. The minimum Gasteiger partial charge on any atom is -0.266 e. The molecule has 1 aliphatic heterocycles. The standard InChI is InChI=1S/C6H6.C3H2N2O.H2S/c1-2-4-6-5-3-1;6-3-1-2-4-5-3;/h1-6H;1-2H;1H2. The van der Waals surface area contributed by atoms with Crippen LogP contribution in [0.3, 0.4) is 0 Å². The summed E-state index contributed by atoms with van der Waals surface area (Å²) in [7, 11) is 0. The third-order valence-electron chi connectivity index (χ3n) is 1.11. The van der Waals surface area contributed by atoms with E-state index in [1.54, 1.807) is 0 Å². The van der Waals surface area contributed by atoms with Crippen LogP contribution in [0.1, 0.15) is 0 Å². The molecule has 0 N–H and O–H groups in total. The van der Waals surface area contributed by atoms with Gasteiger partial charge < -0.3 is 0 Å². The van der Waals surface area contributed by atoms with Crippen molar-refractivity contribution in [2.75, 3.05) is 0 Å². The molecule has 1 aromatic rings. The number of benzene rings is 1. The Bertz CT molecular complexity index is 255. The molecule has 13 heavy (non-hydrogen) atoms. The zero-order chi connectivity index (χ0) is 8.65. The van der Waals surface area contributed by atoms with Gasteiger partial charge in [0.05, 0.1) is 6.20 Å². The van der Waals surface area contributed by atoms with Crippen molar-refractivity contribution in [2.24, 2.45) is 10.2 Å². The van der Waals surface area contributed by atoms with Gasteiger partial charge in [0.2, 0.25) is 0 Å². The molecule has 0 saturated heterocycles. The molecule has 0 radical (unpaired) electrons. The molecule has 0 bridgehead atoms. The van der Waals surface area contributed by atoms with Crippen molar-refractivity contribution in [1.82, 2.24) is 0 Å². The Kier molecular flexibility index (Phi) is 6.45. The van der Waals surface area contributed by atoms with Gasteiger partial charge in [0.15, 0.2) is 0 Å². The van der Waals surface area contributed by atoms with Gasteiger partial charge in [-0.25, -0.2) is 0 Å². The Balaban J connectivity index is 0.000000206. The quantitative estimate of drug-likeness (QED) is 0.624. The second kappa shape index (κ2) is 7.24. The maximum atomic E-state index is 9.90. The van der Waals surface area contributed by atoms with E-state index in [-0.39, 0.29) is 19.4 Å². The largest absolute Gasteiger partial charge is 0.289 e. The Morgan fingerprint density at radius 3 is 1.54 bits per heavy atom. The molecule has 1 amide bonds. The lowest BCUT2D eigenvalue weighted by Crippen LogP contribution is -1.74. The normalized spacial score (nSPS) is 11.5. The topological polar surface area (TPSA) is 41.8 Å². The SMILES string of the molecule is O=C1C=CN=N1.S.c1ccccc1. The number of azo groups is 1. The van der Waals surface area contributed by atoms with Crippen molar-refractivity contribution in [1.29, 1.82) is 0 Å². The van der Waals surface area contributed by atoms with Gasteiger partial charge in [0.25, 0.3) is 5.91 Å². The van der Waals surface area contributed by atoms with Crippen LogP contribution in [-0.4, -0.2) is 5.91 Å². The van der Waals surface area contributed by atoms with Gasteiger partial charge >= 0.3 is 0 Å². The second-order valence-corrected chi connectivity index (χ2v) is 2.02. The van der Waals surface area contributed by atoms with Gasteiger partial charge in [-0.2, -0.15) is 18.6 Å². The molecule has 0 aromatic heterocycles. The molecule has 0 saturated carbocycles. The Hall–Kier alpha value is -1.42. The monoisotopic (exact) mass is 194 g/mol. The van der Waals surface area contributed by atoms with E-state index in [4.69, 9.17) is 0 Å². The van der Waals surface area contributed by atoms with Crippen LogP contribution >= 0.6 is 13.5 Å². The molecule has 1 aromatic carbocycles. The number of carbonyl (C=O) groups is 1. The Labute approximate surface area is 83.6 Å². The minimum atomic E-state index is -0.269. The molecule has 1 aliphatic rings. The molecule has 3 nitrogen and oxygen atoms in total. The highest BCUT2D eigenvalue weighted by atomic mass is 32.1. The van der Waals surface area contributed by atoms with Crippen molar-refractivity contribution < 1.29 is 4.79 Å². The fourth-order valence-electron chi connectivity index (χ4n) is 0.606. The van der Waals surface area contributed by atoms with E-state index < -0.39 is 0 Å². The van der Waals surface area contributed by atoms with Crippen molar-refractivity contribution in [3.05, 3.63) is 48.7 Å². The van der Waals surface area contributed by atoms with Gasteiger partial charge in [-0.05, 0) is 0 Å². The van der Waals surface area contributed by atoms with E-state index in [9.17, 15) is 4.79 Å². The van der Waals surface area contributed by atoms with Crippen LogP contribution in [-0.2, 0) is 4.79 Å². The van der Waals surface area contributed by atoms with E-state index in [1.165, 1.54) is 12.3 Å². The van der Waals surface area contributed by atoms with E-state index in [0.717, 1.165) is 0 Å². The summed E-state index contributed by atoms with van der Waals surface area (Å²) in [4.78, 5) is 9.90. The smallest absolute Gasteiger partial charge is 0.266 e. The lowest BCUT2D eigenvalue weighted by Gasteiger charge is -1.69. The van der Waals surface area contributed by atoms with Crippen LogP contribution in [0.5, 0.6) is 0 Å². The van der Waals surface area contributed by atoms with Gasteiger partial charge in [-0.1, -0.05) is 36.4 Å². The zero-order valence-corrected chi connectivity index (χ0v) is 7.92. The molecule has 2 rings (SSSR count). The Morgan fingerprint density at radius 2 is 1.38 bits per heavy atom. The third-order valence-corrected chi connectivity index (χ3v) is 1.11. The van der Waals surface area contributed by atoms with E-state index >= 15 is 0 Å². The van der Waals surface area contributed by atoms with Crippen LogP contribution in [0.25, 0.3) is 0 Å². The average molecular weight is 194 g/mol. The van der Waals surface area contributed by atoms with Crippen LogP contribution in [0, 0.1) is 0 Å². The number of nitrogens with zero attached hydrogens (tertiary/aromatic N) is 2. The Morgan fingerprint density at radius 1 is 0.923 bits per heavy atom. The first-order valence-electron chi connectivity index (χ1n) is 3.51. The summed E-state index contributed by atoms with van der Waals surface area (Å²) < 4.78 is 0. The number of amides is 1. The molecule has 0 spiro atoms. The molecule has 1 heterocycles. The van der Waals surface area contributed by atoms with Crippen LogP contribution in [0.4, 0.5) is 0 Å². The summed E-state index contributed by atoms with van der Waals surface area (Å²) in [5.74, 6) is -0.269. The summed E-state index contributed by atoms with van der Waals surface area (Å²) in [6, 6.07) is 12.0. The van der Waals surface area contributed by atoms with Crippen molar-refractivity contribution in [2.45, 2.75) is 0 Å². The molecule has 0 atom stereocenters. The third kappa shape index (κ3) is 5.81. The number of rotatable bonds is 0. The average Bonchev–Trinajstić information content (AvgIpc) is 2.60. The van der Waals surface area contributed by atoms with Gasteiger partial charge in [-0.15, -0.1) is 5.11 Å². The number of hydrogen-bond donors (Lipinski definition) is 0. The summed E-state index contributed by atoms with van der Waals surface area (Å²) in [5.41, 5.74) is 0. The first-order valence-corrected chi connectivity index (χ1v) is 3.51. The predicted molar refractivity (Wildman–Crippen MR) is 55.8 cm³/mol. The number of hydrogen-bond acceptors (Lipinski definition) is 2. The highest BCUT2D eigenvalue weighted by Gasteiger charge is 1.92. The van der Waals surface area contributed by atoms with Crippen molar-refractivity contribution >= 4 is 19.4 Å². The van der Waals surface area contributed by atoms with E-state index in [2.05, 4.69) is 10.2 Å². The molecule has 0 fully saturated rings. The van der Waals surface area contributed by atoms with Gasteiger partial charge in [-0.3, -0.25) is 4.79 Å². The summed E-state index contributed by atoms with van der Waals surface area (Å²) in [5, 5.41) is 6.37. The summed E-state index contributed by atoms with van der Waals surface area (Å²) in [6.45, 7) is 0. The summed E-state index contributed by atoms with van der Waals surface area (Å²) >= 11 is 0. The van der Waals surface area contributed by atoms with Crippen LogP contribution < -0.4 is 0 Å². The predicted octanol–water partition coefficient (Wildman–Crippen LogP) is 2.29. The van der Waals surface area contributed by atoms with Gasteiger partial charge in [0.1, 0.15) is 0 Å². The summed E-state index contributed by atoms with van der Waals surface area (Å²) in [6.07, 6.45) is 2.67. The fourth-order valence-corrected chi connectivity index (χ4v) is 0.606. The highest BCUT2D eigenvalue weighted by Crippen LogP contribution is 1.90. The minimum absolute atomic E-state index is 0. The van der Waals surface area contributed by atoms with Crippen molar-refractivity contribution in [3.8, 4) is 0 Å². The highest BCUT2D eigenvalue weighted by molar-refractivity contribution is 7.59. The van der Waals surface area contributed by atoms with E-state index in [0.29, 0.717) is 0 Å².